The lowest BCUT2D eigenvalue weighted by molar-refractivity contribution is -0.146. The van der Waals surface area contributed by atoms with Crippen LogP contribution < -0.4 is 14.2 Å². The summed E-state index contributed by atoms with van der Waals surface area (Å²) in [5, 5.41) is 0. The molecule has 2 aliphatic heterocycles. The van der Waals surface area contributed by atoms with Crippen molar-refractivity contribution in [2.45, 2.75) is 31.7 Å². The average molecular weight is 613 g/mol. The van der Waals surface area contributed by atoms with E-state index in [4.69, 9.17) is 33.2 Å². The highest BCUT2D eigenvalue weighted by molar-refractivity contribution is 5.92. The fourth-order valence-corrected chi connectivity index (χ4v) is 3.69. The Balaban J connectivity index is 1.06. The summed E-state index contributed by atoms with van der Waals surface area (Å²) in [5.74, 6) is -6.09. The van der Waals surface area contributed by atoms with E-state index in [1.54, 1.807) is 12.1 Å². The van der Waals surface area contributed by atoms with E-state index in [-0.39, 0.29) is 42.4 Å². The number of hydrogen-bond acceptors (Lipinski definition) is 11. The predicted molar refractivity (Wildman–Crippen MR) is 144 cm³/mol. The van der Waals surface area contributed by atoms with Gasteiger partial charge in [0.1, 0.15) is 12.4 Å². The minimum atomic E-state index is -1.40. The number of benzene rings is 3. The topological polar surface area (TPSA) is 139 Å². The molecule has 5 rings (SSSR count). The summed E-state index contributed by atoms with van der Waals surface area (Å²) in [6.45, 7) is 0.959. The highest BCUT2D eigenvalue weighted by atomic mass is 19.2. The van der Waals surface area contributed by atoms with E-state index < -0.39 is 53.5 Å². The summed E-state index contributed by atoms with van der Waals surface area (Å²) in [7, 11) is 0. The van der Waals surface area contributed by atoms with Gasteiger partial charge in [-0.1, -0.05) is 12.1 Å². The molecule has 2 saturated heterocycles. The van der Waals surface area contributed by atoms with Crippen molar-refractivity contribution in [1.82, 2.24) is 0 Å². The molecule has 0 N–H and O–H groups in total. The lowest BCUT2D eigenvalue weighted by Gasteiger charge is -2.11. The molecule has 2 atom stereocenters. The van der Waals surface area contributed by atoms with Gasteiger partial charge in [-0.3, -0.25) is 0 Å². The molecule has 11 nitrogen and oxygen atoms in total. The van der Waals surface area contributed by atoms with Crippen LogP contribution in [0.5, 0.6) is 17.2 Å². The zero-order valence-electron chi connectivity index (χ0n) is 23.1. The number of carbonyl (C=O) groups is 4. The molecule has 0 aliphatic carbocycles. The van der Waals surface area contributed by atoms with Gasteiger partial charge in [0, 0.05) is 0 Å². The van der Waals surface area contributed by atoms with Crippen molar-refractivity contribution in [2.24, 2.45) is 0 Å². The van der Waals surface area contributed by atoms with Crippen molar-refractivity contribution in [3.63, 3.8) is 0 Å². The van der Waals surface area contributed by atoms with Gasteiger partial charge in [0.05, 0.1) is 37.6 Å². The van der Waals surface area contributed by atoms with Crippen LogP contribution in [-0.2, 0) is 35.1 Å². The van der Waals surface area contributed by atoms with E-state index in [9.17, 15) is 28.0 Å². The van der Waals surface area contributed by atoms with Crippen LogP contribution in [0.25, 0.3) is 0 Å². The molecule has 0 radical (unpaired) electrons. The average Bonchev–Trinajstić information content (AvgIpc) is 3.94. The lowest BCUT2D eigenvalue weighted by atomic mass is 10.1. The second-order valence-electron chi connectivity index (χ2n) is 9.66. The molecular formula is C31H26F2O11. The van der Waals surface area contributed by atoms with Crippen molar-refractivity contribution in [3.05, 3.63) is 89.0 Å². The van der Waals surface area contributed by atoms with Crippen LogP contribution in [-0.4, -0.2) is 62.5 Å². The monoisotopic (exact) mass is 612 g/mol. The Morgan fingerprint density at radius 1 is 0.659 bits per heavy atom. The summed E-state index contributed by atoms with van der Waals surface area (Å²) < 4.78 is 64.3. The highest BCUT2D eigenvalue weighted by Gasteiger charge is 2.33. The number of unbranched alkanes of at least 4 members (excludes halogenated alkanes) is 1. The summed E-state index contributed by atoms with van der Waals surface area (Å²) in [4.78, 5) is 47.9. The molecule has 0 bridgehead atoms. The summed E-state index contributed by atoms with van der Waals surface area (Å²) in [6, 6.07) is 13.7. The molecule has 2 fully saturated rings. The van der Waals surface area contributed by atoms with E-state index in [2.05, 4.69) is 0 Å². The highest BCUT2D eigenvalue weighted by Crippen LogP contribution is 2.28. The zero-order chi connectivity index (χ0) is 31.1. The van der Waals surface area contributed by atoms with Crippen LogP contribution in [0.1, 0.15) is 39.1 Å². The Hall–Kier alpha value is -4.88. The Kier molecular flexibility index (Phi) is 9.77. The van der Waals surface area contributed by atoms with Gasteiger partial charge in [-0.05, 0) is 66.9 Å². The van der Waals surface area contributed by atoms with Gasteiger partial charge in [-0.15, -0.1) is 0 Å². The molecule has 3 aromatic rings. The number of hydrogen-bond donors (Lipinski definition) is 0. The molecule has 44 heavy (non-hydrogen) atoms. The number of carbonyl (C=O) groups excluding carboxylic acids is 4. The fourth-order valence-electron chi connectivity index (χ4n) is 3.69. The number of ether oxygens (including phenoxy) is 7. The summed E-state index contributed by atoms with van der Waals surface area (Å²) >= 11 is 0. The molecule has 230 valence electrons. The van der Waals surface area contributed by atoms with Gasteiger partial charge in [0.15, 0.2) is 23.7 Å². The molecule has 2 heterocycles. The molecular weight excluding hydrogens is 586 g/mol. The lowest BCUT2D eigenvalue weighted by Crippen LogP contribution is -2.13. The van der Waals surface area contributed by atoms with Gasteiger partial charge >= 0.3 is 23.9 Å². The van der Waals surface area contributed by atoms with Gasteiger partial charge in [-0.25, -0.2) is 19.2 Å². The first-order valence-electron chi connectivity index (χ1n) is 13.6. The largest absolute Gasteiger partial charge is 0.490 e. The maximum Gasteiger partial charge on any atom is 0.343 e. The van der Waals surface area contributed by atoms with Crippen molar-refractivity contribution in [2.75, 3.05) is 26.4 Å². The van der Waals surface area contributed by atoms with Crippen LogP contribution in [0.15, 0.2) is 60.7 Å². The fraction of sp³-hybridized carbons (Fsp3) is 0.290. The smallest absolute Gasteiger partial charge is 0.343 e. The van der Waals surface area contributed by atoms with Gasteiger partial charge in [0.25, 0.3) is 0 Å². The standard InChI is InChI=1S/C31H26F2O11/c32-26-22(38-13-1-2-14-39-30(36)24-16-40-24)11-12-23(27(26)33)44-29(35)20-7-9-21(10-8-20)43-28(34)19-5-3-18(4-6-19)15-42-31(37)25-17-41-25/h3-12,24-25H,1-2,13-17H2. The number of halogens is 2. The Bertz CT molecular complexity index is 1510. The molecule has 0 amide bonds. The van der Waals surface area contributed by atoms with Gasteiger partial charge < -0.3 is 33.2 Å². The first-order valence-corrected chi connectivity index (χ1v) is 13.6. The van der Waals surface area contributed by atoms with E-state index >= 15 is 0 Å². The van der Waals surface area contributed by atoms with E-state index in [1.807, 2.05) is 0 Å². The van der Waals surface area contributed by atoms with Crippen molar-refractivity contribution in [3.8, 4) is 17.2 Å². The Morgan fingerprint density at radius 2 is 1.18 bits per heavy atom. The van der Waals surface area contributed by atoms with Crippen LogP contribution in [0.4, 0.5) is 8.78 Å². The number of esters is 4. The molecule has 0 aromatic heterocycles. The molecule has 13 heteroatoms. The first kappa shape index (κ1) is 30.6. The van der Waals surface area contributed by atoms with E-state index in [0.717, 1.165) is 12.1 Å². The first-order chi connectivity index (χ1) is 21.3. The van der Waals surface area contributed by atoms with Crippen LogP contribution >= 0.6 is 0 Å². The minimum absolute atomic E-state index is 0.00520. The number of epoxide rings is 2. The van der Waals surface area contributed by atoms with Crippen molar-refractivity contribution < 1.29 is 61.1 Å². The third kappa shape index (κ3) is 8.36. The Morgan fingerprint density at radius 3 is 1.82 bits per heavy atom. The van der Waals surface area contributed by atoms with Crippen LogP contribution in [0.2, 0.25) is 0 Å². The molecule has 3 aromatic carbocycles. The van der Waals surface area contributed by atoms with E-state index in [1.165, 1.54) is 36.4 Å². The van der Waals surface area contributed by atoms with Crippen molar-refractivity contribution >= 4 is 23.9 Å². The minimum Gasteiger partial charge on any atom is -0.490 e. The summed E-state index contributed by atoms with van der Waals surface area (Å²) in [6.07, 6.45) is -0.0980. The van der Waals surface area contributed by atoms with Crippen LogP contribution in [0.3, 0.4) is 0 Å². The maximum atomic E-state index is 14.6. The van der Waals surface area contributed by atoms with Gasteiger partial charge in [-0.2, -0.15) is 8.78 Å². The van der Waals surface area contributed by atoms with Crippen molar-refractivity contribution in [1.29, 1.82) is 0 Å². The summed E-state index contributed by atoms with van der Waals surface area (Å²) in [5.41, 5.74) is 0.909. The van der Waals surface area contributed by atoms with E-state index in [0.29, 0.717) is 31.6 Å². The predicted octanol–water partition coefficient (Wildman–Crippen LogP) is 3.95. The SMILES string of the molecule is O=C(Oc1ccc(C(=O)Oc2ccc(OCCCCOC(=O)C3CO3)c(F)c2F)cc1)c1ccc(COC(=O)C2CO2)cc1. The molecule has 2 aliphatic rings. The molecule has 0 saturated carbocycles. The number of rotatable bonds is 14. The zero-order valence-corrected chi connectivity index (χ0v) is 23.1. The van der Waals surface area contributed by atoms with Gasteiger partial charge in [0.2, 0.25) is 11.6 Å². The quantitative estimate of drug-likeness (QED) is 0.113. The molecule has 2 unspecified atom stereocenters. The maximum absolute atomic E-state index is 14.6. The normalized spacial score (nSPS) is 16.4. The third-order valence-corrected chi connectivity index (χ3v) is 6.32. The second kappa shape index (κ2) is 14.1. The Labute approximate surface area is 249 Å². The van der Waals surface area contributed by atoms with Crippen LogP contribution in [0, 0.1) is 11.6 Å². The second-order valence-corrected chi connectivity index (χ2v) is 9.66. The molecule has 0 spiro atoms. The third-order valence-electron chi connectivity index (χ3n) is 6.32.